The summed E-state index contributed by atoms with van der Waals surface area (Å²) in [4.78, 5) is 12.3. The summed E-state index contributed by atoms with van der Waals surface area (Å²) in [7, 11) is 0. The molecular formula is C19H12ClN3O3. The molecule has 0 spiro atoms. The molecule has 2 aromatic heterocycles. The summed E-state index contributed by atoms with van der Waals surface area (Å²) in [5.41, 5.74) is 1.75. The molecule has 1 N–H and O–H groups in total. The molecule has 0 atom stereocenters. The van der Waals surface area contributed by atoms with E-state index in [1.165, 1.54) is 6.26 Å². The van der Waals surface area contributed by atoms with Crippen molar-refractivity contribution in [2.75, 3.05) is 5.32 Å². The van der Waals surface area contributed by atoms with E-state index in [2.05, 4.69) is 15.5 Å². The van der Waals surface area contributed by atoms with Crippen molar-refractivity contribution in [2.24, 2.45) is 0 Å². The lowest BCUT2D eigenvalue weighted by Crippen LogP contribution is -2.11. The van der Waals surface area contributed by atoms with Gasteiger partial charge < -0.3 is 14.2 Å². The van der Waals surface area contributed by atoms with Crippen molar-refractivity contribution in [3.05, 3.63) is 77.5 Å². The van der Waals surface area contributed by atoms with Gasteiger partial charge in [-0.05, 0) is 48.5 Å². The third kappa shape index (κ3) is 3.36. The minimum Gasteiger partial charge on any atom is -0.459 e. The highest BCUT2D eigenvalue weighted by molar-refractivity contribution is 6.31. The van der Waals surface area contributed by atoms with E-state index >= 15 is 0 Å². The van der Waals surface area contributed by atoms with Gasteiger partial charge in [0.1, 0.15) is 0 Å². The molecule has 4 rings (SSSR count). The number of amides is 1. The summed E-state index contributed by atoms with van der Waals surface area (Å²) in [5.74, 6) is 0.856. The Bertz CT molecular complexity index is 1060. The highest BCUT2D eigenvalue weighted by Gasteiger charge is 2.13. The van der Waals surface area contributed by atoms with Gasteiger partial charge in [0.25, 0.3) is 11.8 Å². The van der Waals surface area contributed by atoms with Gasteiger partial charge in [-0.3, -0.25) is 4.79 Å². The number of carbonyl (C=O) groups is 1. The maximum atomic E-state index is 12.3. The number of carbonyl (C=O) groups excluding carboxylic acids is 1. The lowest BCUT2D eigenvalue weighted by molar-refractivity contribution is 0.102. The average molecular weight is 366 g/mol. The van der Waals surface area contributed by atoms with Crippen LogP contribution in [0.2, 0.25) is 5.02 Å². The fraction of sp³-hybridized carbons (Fsp3) is 0. The van der Waals surface area contributed by atoms with Crippen LogP contribution in [0.3, 0.4) is 0 Å². The molecule has 0 unspecified atom stereocenters. The van der Waals surface area contributed by atoms with Gasteiger partial charge in [0.2, 0.25) is 5.89 Å². The predicted molar refractivity (Wildman–Crippen MR) is 96.8 cm³/mol. The van der Waals surface area contributed by atoms with Crippen molar-refractivity contribution >= 4 is 23.2 Å². The van der Waals surface area contributed by atoms with Crippen LogP contribution in [0, 0.1) is 0 Å². The molecule has 1 amide bonds. The number of halogens is 1. The van der Waals surface area contributed by atoms with Crippen molar-refractivity contribution in [1.29, 1.82) is 0 Å². The molecule has 2 aromatic carbocycles. The summed E-state index contributed by atoms with van der Waals surface area (Å²) in [6.45, 7) is 0. The van der Waals surface area contributed by atoms with E-state index in [9.17, 15) is 4.79 Å². The molecule has 0 aliphatic heterocycles. The largest absolute Gasteiger partial charge is 0.459 e. The predicted octanol–water partition coefficient (Wildman–Crippen LogP) is 4.90. The van der Waals surface area contributed by atoms with E-state index in [1.807, 2.05) is 6.07 Å². The molecule has 2 heterocycles. The van der Waals surface area contributed by atoms with Crippen molar-refractivity contribution < 1.29 is 13.6 Å². The standard InChI is InChI=1S/C19H12ClN3O3/c20-14-6-1-4-12(10-14)17(24)21-15-7-2-5-13(11-15)18-22-23-19(26-18)16-8-3-9-25-16/h1-11H,(H,21,24). The molecule has 7 heteroatoms. The van der Waals surface area contributed by atoms with Gasteiger partial charge in [0, 0.05) is 21.8 Å². The quantitative estimate of drug-likeness (QED) is 0.556. The second kappa shape index (κ2) is 6.85. The Balaban J connectivity index is 1.56. The number of nitrogens with one attached hydrogen (secondary N) is 1. The molecule has 4 aromatic rings. The summed E-state index contributed by atoms with van der Waals surface area (Å²) in [6, 6.07) is 17.3. The Morgan fingerprint density at radius 3 is 2.62 bits per heavy atom. The topological polar surface area (TPSA) is 81.2 Å². The second-order valence-electron chi connectivity index (χ2n) is 5.43. The van der Waals surface area contributed by atoms with E-state index in [0.29, 0.717) is 39.4 Å². The molecule has 0 bridgehead atoms. The molecule has 128 valence electrons. The van der Waals surface area contributed by atoms with E-state index in [0.717, 1.165) is 0 Å². The van der Waals surface area contributed by atoms with Crippen LogP contribution in [0.15, 0.2) is 75.8 Å². The van der Waals surface area contributed by atoms with Crippen LogP contribution in [-0.4, -0.2) is 16.1 Å². The van der Waals surface area contributed by atoms with Gasteiger partial charge in [-0.1, -0.05) is 23.7 Å². The molecule has 0 saturated carbocycles. The maximum absolute atomic E-state index is 12.3. The fourth-order valence-corrected chi connectivity index (χ4v) is 2.59. The second-order valence-corrected chi connectivity index (χ2v) is 5.87. The molecule has 0 aliphatic carbocycles. The first kappa shape index (κ1) is 16.1. The van der Waals surface area contributed by atoms with Crippen LogP contribution < -0.4 is 5.32 Å². The highest BCUT2D eigenvalue weighted by Crippen LogP contribution is 2.26. The SMILES string of the molecule is O=C(Nc1cccc(-c2nnc(-c3ccco3)o2)c1)c1cccc(Cl)c1. The van der Waals surface area contributed by atoms with E-state index in [4.69, 9.17) is 20.4 Å². The normalized spacial score (nSPS) is 10.7. The Hall–Kier alpha value is -3.38. The number of hydrogen-bond acceptors (Lipinski definition) is 5. The zero-order valence-electron chi connectivity index (χ0n) is 13.3. The highest BCUT2D eigenvalue weighted by atomic mass is 35.5. The van der Waals surface area contributed by atoms with Gasteiger partial charge in [-0.15, -0.1) is 10.2 Å². The third-order valence-electron chi connectivity index (χ3n) is 3.61. The van der Waals surface area contributed by atoms with Gasteiger partial charge >= 0.3 is 0 Å². The number of anilines is 1. The number of benzene rings is 2. The maximum Gasteiger partial charge on any atom is 0.283 e. The first-order chi connectivity index (χ1) is 12.7. The molecule has 26 heavy (non-hydrogen) atoms. The Morgan fingerprint density at radius 1 is 0.962 bits per heavy atom. The van der Waals surface area contributed by atoms with Gasteiger partial charge in [0.15, 0.2) is 5.76 Å². The third-order valence-corrected chi connectivity index (χ3v) is 3.85. The van der Waals surface area contributed by atoms with E-state index < -0.39 is 0 Å². The van der Waals surface area contributed by atoms with Crippen LogP contribution in [-0.2, 0) is 0 Å². The van der Waals surface area contributed by atoms with Gasteiger partial charge in [0.05, 0.1) is 6.26 Å². The number of hydrogen-bond donors (Lipinski definition) is 1. The molecule has 6 nitrogen and oxygen atoms in total. The number of nitrogens with zero attached hydrogens (tertiary/aromatic N) is 2. The molecule has 0 aliphatic rings. The van der Waals surface area contributed by atoms with Crippen LogP contribution in [0.5, 0.6) is 0 Å². The zero-order chi connectivity index (χ0) is 17.9. The monoisotopic (exact) mass is 365 g/mol. The first-order valence-corrected chi connectivity index (χ1v) is 8.11. The van der Waals surface area contributed by atoms with Crippen molar-refractivity contribution in [3.63, 3.8) is 0 Å². The lowest BCUT2D eigenvalue weighted by atomic mass is 10.1. The Kier molecular flexibility index (Phi) is 4.25. The minimum absolute atomic E-state index is 0.258. The zero-order valence-corrected chi connectivity index (χ0v) is 14.1. The summed E-state index contributed by atoms with van der Waals surface area (Å²) in [5, 5.41) is 11.3. The van der Waals surface area contributed by atoms with Crippen molar-refractivity contribution in [3.8, 4) is 23.1 Å². The summed E-state index contributed by atoms with van der Waals surface area (Å²) < 4.78 is 10.9. The van der Waals surface area contributed by atoms with E-state index in [1.54, 1.807) is 54.6 Å². The lowest BCUT2D eigenvalue weighted by Gasteiger charge is -2.06. The molecule has 0 saturated heterocycles. The Morgan fingerprint density at radius 2 is 1.81 bits per heavy atom. The average Bonchev–Trinajstić information content (AvgIpc) is 3.33. The smallest absolute Gasteiger partial charge is 0.283 e. The van der Waals surface area contributed by atoms with Crippen LogP contribution in [0.4, 0.5) is 5.69 Å². The molecular weight excluding hydrogens is 354 g/mol. The number of furan rings is 1. The van der Waals surface area contributed by atoms with Gasteiger partial charge in [-0.25, -0.2) is 0 Å². The summed E-state index contributed by atoms with van der Waals surface area (Å²) in [6.07, 6.45) is 1.53. The van der Waals surface area contributed by atoms with E-state index in [-0.39, 0.29) is 5.91 Å². The number of rotatable bonds is 4. The molecule has 0 fully saturated rings. The summed E-state index contributed by atoms with van der Waals surface area (Å²) >= 11 is 5.93. The van der Waals surface area contributed by atoms with Gasteiger partial charge in [-0.2, -0.15) is 0 Å². The van der Waals surface area contributed by atoms with Crippen LogP contribution in [0.25, 0.3) is 23.1 Å². The molecule has 0 radical (unpaired) electrons. The fourth-order valence-electron chi connectivity index (χ4n) is 2.40. The van der Waals surface area contributed by atoms with Crippen molar-refractivity contribution in [2.45, 2.75) is 0 Å². The van der Waals surface area contributed by atoms with Crippen molar-refractivity contribution in [1.82, 2.24) is 10.2 Å². The minimum atomic E-state index is -0.258. The Labute approximate surface area is 153 Å². The van der Waals surface area contributed by atoms with Crippen LogP contribution in [0.1, 0.15) is 10.4 Å². The van der Waals surface area contributed by atoms with Crippen LogP contribution >= 0.6 is 11.6 Å². The number of aromatic nitrogens is 2. The first-order valence-electron chi connectivity index (χ1n) is 7.74.